The third-order valence-corrected chi connectivity index (χ3v) is 5.34. The smallest absolute Gasteiger partial charge is 0.159 e. The van der Waals surface area contributed by atoms with Crippen LogP contribution in [0.3, 0.4) is 0 Å². The number of ether oxygens (including phenoxy) is 1. The molecule has 0 unspecified atom stereocenters. The number of hydrogen-bond acceptors (Lipinski definition) is 3. The number of hydrogen-bond donors (Lipinski definition) is 0. The molecule has 0 bridgehead atoms. The van der Waals surface area contributed by atoms with E-state index in [0.717, 1.165) is 42.1 Å². The Morgan fingerprint density at radius 3 is 2.00 bits per heavy atom. The summed E-state index contributed by atoms with van der Waals surface area (Å²) in [5.41, 5.74) is 2.08. The number of aromatic nitrogens is 2. The Labute approximate surface area is 184 Å². The van der Waals surface area contributed by atoms with Crippen LogP contribution in [-0.4, -0.2) is 16.6 Å². The van der Waals surface area contributed by atoms with E-state index in [0.29, 0.717) is 0 Å². The quantitative estimate of drug-likeness (QED) is 0.262. The molecule has 164 valence electrons. The fraction of sp³-hybridized carbons (Fsp3) is 0.556. The molecular weight excluding hydrogens is 368 g/mol. The molecule has 1 aromatic carbocycles. The molecule has 3 heteroatoms. The van der Waals surface area contributed by atoms with Crippen molar-refractivity contribution in [1.82, 2.24) is 9.97 Å². The first-order valence-electron chi connectivity index (χ1n) is 12.0. The van der Waals surface area contributed by atoms with Gasteiger partial charge in [-0.2, -0.15) is 0 Å². The first-order valence-corrected chi connectivity index (χ1v) is 12.0. The molecule has 0 fully saturated rings. The Morgan fingerprint density at radius 2 is 1.33 bits per heavy atom. The van der Waals surface area contributed by atoms with Crippen LogP contribution in [0.1, 0.15) is 96.5 Å². The van der Waals surface area contributed by atoms with Gasteiger partial charge in [0.15, 0.2) is 5.82 Å². The summed E-state index contributed by atoms with van der Waals surface area (Å²) < 4.78 is 5.88. The van der Waals surface area contributed by atoms with Crippen LogP contribution >= 0.6 is 0 Å². The zero-order chi connectivity index (χ0) is 21.3. The second-order valence-corrected chi connectivity index (χ2v) is 8.09. The van der Waals surface area contributed by atoms with E-state index in [4.69, 9.17) is 4.74 Å². The molecule has 0 saturated carbocycles. The van der Waals surface area contributed by atoms with Gasteiger partial charge >= 0.3 is 0 Å². The lowest BCUT2D eigenvalue weighted by molar-refractivity contribution is 0.304. The molecule has 0 radical (unpaired) electrons. The van der Waals surface area contributed by atoms with Crippen LogP contribution in [0, 0.1) is 0 Å². The van der Waals surface area contributed by atoms with Crippen molar-refractivity contribution in [1.29, 1.82) is 0 Å². The molecule has 0 spiro atoms. The number of rotatable bonds is 16. The highest BCUT2D eigenvalue weighted by Crippen LogP contribution is 2.20. The molecular formula is C27H40N2O. The lowest BCUT2D eigenvalue weighted by Crippen LogP contribution is -1.97. The van der Waals surface area contributed by atoms with Crippen molar-refractivity contribution in [3.05, 3.63) is 48.3 Å². The third-order valence-electron chi connectivity index (χ3n) is 5.34. The van der Waals surface area contributed by atoms with E-state index in [1.54, 1.807) is 0 Å². The Bertz CT molecular complexity index is 692. The van der Waals surface area contributed by atoms with Crippen LogP contribution < -0.4 is 4.74 Å². The summed E-state index contributed by atoms with van der Waals surface area (Å²) in [7, 11) is 0. The predicted molar refractivity (Wildman–Crippen MR) is 129 cm³/mol. The van der Waals surface area contributed by atoms with E-state index < -0.39 is 0 Å². The highest BCUT2D eigenvalue weighted by molar-refractivity contribution is 5.57. The van der Waals surface area contributed by atoms with Crippen molar-refractivity contribution >= 4 is 6.08 Å². The van der Waals surface area contributed by atoms with Gasteiger partial charge in [-0.25, -0.2) is 9.97 Å². The summed E-state index contributed by atoms with van der Waals surface area (Å²) in [6.07, 6.45) is 23.6. The van der Waals surface area contributed by atoms with E-state index in [-0.39, 0.29) is 0 Å². The minimum absolute atomic E-state index is 0.757. The third kappa shape index (κ3) is 10.0. The van der Waals surface area contributed by atoms with Crippen molar-refractivity contribution < 1.29 is 4.74 Å². The average molecular weight is 409 g/mol. The molecule has 0 amide bonds. The molecule has 3 nitrogen and oxygen atoms in total. The van der Waals surface area contributed by atoms with Gasteiger partial charge in [-0.1, -0.05) is 83.8 Å². The highest BCUT2D eigenvalue weighted by Gasteiger charge is 2.02. The molecule has 0 N–H and O–H groups in total. The Morgan fingerprint density at radius 1 is 0.733 bits per heavy atom. The van der Waals surface area contributed by atoms with E-state index in [9.17, 15) is 0 Å². The van der Waals surface area contributed by atoms with Crippen molar-refractivity contribution in [3.8, 4) is 17.1 Å². The molecule has 1 aromatic heterocycles. The lowest BCUT2D eigenvalue weighted by Gasteiger charge is -2.07. The molecule has 2 rings (SSSR count). The number of allylic oxidation sites excluding steroid dienone is 1. The summed E-state index contributed by atoms with van der Waals surface area (Å²) in [5.74, 6) is 1.68. The molecule has 0 saturated heterocycles. The minimum atomic E-state index is 0.757. The minimum Gasteiger partial charge on any atom is -0.494 e. The zero-order valence-electron chi connectivity index (χ0n) is 19.1. The van der Waals surface area contributed by atoms with Crippen LogP contribution in [0.2, 0.25) is 0 Å². The Kier molecular flexibility index (Phi) is 12.6. The van der Waals surface area contributed by atoms with Gasteiger partial charge in [-0.05, 0) is 43.5 Å². The van der Waals surface area contributed by atoms with E-state index in [1.165, 1.54) is 64.2 Å². The monoisotopic (exact) mass is 408 g/mol. The lowest BCUT2D eigenvalue weighted by atomic mass is 10.1. The predicted octanol–water partition coefficient (Wildman–Crippen LogP) is 8.26. The molecule has 0 atom stereocenters. The van der Waals surface area contributed by atoms with E-state index in [1.807, 2.05) is 36.7 Å². The van der Waals surface area contributed by atoms with Crippen molar-refractivity contribution in [2.75, 3.05) is 6.61 Å². The van der Waals surface area contributed by atoms with E-state index >= 15 is 0 Å². The first kappa shape index (κ1) is 24.1. The maximum Gasteiger partial charge on any atom is 0.159 e. The fourth-order valence-electron chi connectivity index (χ4n) is 3.43. The van der Waals surface area contributed by atoms with Gasteiger partial charge in [-0.3, -0.25) is 0 Å². The second kappa shape index (κ2) is 15.6. The van der Waals surface area contributed by atoms with Gasteiger partial charge in [0, 0.05) is 23.5 Å². The number of unbranched alkanes of at least 4 members (excludes halogenated alkanes) is 10. The van der Waals surface area contributed by atoms with Crippen molar-refractivity contribution in [2.45, 2.75) is 90.9 Å². The van der Waals surface area contributed by atoms with Gasteiger partial charge in [0.1, 0.15) is 5.75 Å². The molecule has 2 aromatic rings. The zero-order valence-corrected chi connectivity index (χ0v) is 19.1. The molecule has 30 heavy (non-hydrogen) atoms. The second-order valence-electron chi connectivity index (χ2n) is 8.09. The van der Waals surface area contributed by atoms with Crippen LogP contribution in [0.4, 0.5) is 0 Å². The van der Waals surface area contributed by atoms with Gasteiger partial charge < -0.3 is 4.74 Å². The van der Waals surface area contributed by atoms with Crippen LogP contribution in [-0.2, 0) is 0 Å². The van der Waals surface area contributed by atoms with Gasteiger partial charge in [0.05, 0.1) is 6.61 Å². The number of nitrogens with zero attached hydrogens (tertiary/aromatic N) is 2. The molecule has 0 aliphatic rings. The normalized spacial score (nSPS) is 11.3. The van der Waals surface area contributed by atoms with Crippen LogP contribution in [0.15, 0.2) is 42.7 Å². The SMILES string of the molecule is CCCCCC=Cc1cnc(-c2ccc(OCCCCCCCCCC)cc2)nc1. The van der Waals surface area contributed by atoms with Crippen molar-refractivity contribution in [2.24, 2.45) is 0 Å². The van der Waals surface area contributed by atoms with Crippen LogP contribution in [0.5, 0.6) is 5.75 Å². The topological polar surface area (TPSA) is 35.0 Å². The largest absolute Gasteiger partial charge is 0.494 e. The maximum atomic E-state index is 5.88. The van der Waals surface area contributed by atoms with E-state index in [2.05, 4.69) is 36.0 Å². The van der Waals surface area contributed by atoms with Gasteiger partial charge in [-0.15, -0.1) is 0 Å². The molecule has 1 heterocycles. The summed E-state index contributed by atoms with van der Waals surface area (Å²) in [6, 6.07) is 8.12. The summed E-state index contributed by atoms with van der Waals surface area (Å²) in [5, 5.41) is 0. The summed E-state index contributed by atoms with van der Waals surface area (Å²) in [4.78, 5) is 9.03. The van der Waals surface area contributed by atoms with Crippen LogP contribution in [0.25, 0.3) is 17.5 Å². The fourth-order valence-corrected chi connectivity index (χ4v) is 3.43. The summed E-state index contributed by atoms with van der Waals surface area (Å²) in [6.45, 7) is 5.29. The Hall–Kier alpha value is -2.16. The Balaban J connectivity index is 1.67. The first-order chi connectivity index (χ1) is 14.8. The van der Waals surface area contributed by atoms with Crippen molar-refractivity contribution in [3.63, 3.8) is 0 Å². The summed E-state index contributed by atoms with van der Waals surface area (Å²) >= 11 is 0. The molecule has 0 aliphatic carbocycles. The van der Waals surface area contributed by atoms with Gasteiger partial charge in [0.25, 0.3) is 0 Å². The van der Waals surface area contributed by atoms with Gasteiger partial charge in [0.2, 0.25) is 0 Å². The molecule has 0 aliphatic heterocycles. The number of benzene rings is 1. The standard InChI is InChI=1S/C27H40N2O/c1-3-5-7-9-10-11-13-15-21-30-26-19-17-25(18-20-26)27-28-22-24(23-29-27)16-14-12-8-6-4-2/h14,16-20,22-23H,3-13,15,21H2,1-2H3. The maximum absolute atomic E-state index is 5.88. The highest BCUT2D eigenvalue weighted by atomic mass is 16.5. The average Bonchev–Trinajstić information content (AvgIpc) is 2.79.